The van der Waals surface area contributed by atoms with Gasteiger partial charge in [-0.15, -0.1) is 11.8 Å². The van der Waals surface area contributed by atoms with E-state index in [1.807, 2.05) is 29.6 Å². The summed E-state index contributed by atoms with van der Waals surface area (Å²) in [4.78, 5) is 1.38. The van der Waals surface area contributed by atoms with Gasteiger partial charge in [-0.3, -0.25) is 0 Å². The Morgan fingerprint density at radius 1 is 1.59 bits per heavy atom. The third-order valence-corrected chi connectivity index (χ3v) is 5.39. The first-order chi connectivity index (χ1) is 8.20. The lowest BCUT2D eigenvalue weighted by atomic mass is 10.0. The third-order valence-electron chi connectivity index (χ3n) is 3.07. The van der Waals surface area contributed by atoms with Crippen LogP contribution in [-0.2, 0) is 0 Å². The van der Waals surface area contributed by atoms with E-state index in [0.717, 1.165) is 11.6 Å². The van der Waals surface area contributed by atoms with Crippen molar-refractivity contribution in [3.63, 3.8) is 0 Å². The summed E-state index contributed by atoms with van der Waals surface area (Å²) in [5.41, 5.74) is 1.38. The average Bonchev–Trinajstić information content (AvgIpc) is 2.35. The van der Waals surface area contributed by atoms with Crippen molar-refractivity contribution in [2.45, 2.75) is 29.5 Å². The van der Waals surface area contributed by atoms with Gasteiger partial charge in [-0.2, -0.15) is 11.8 Å². The van der Waals surface area contributed by atoms with Crippen LogP contribution >= 0.6 is 35.1 Å². The van der Waals surface area contributed by atoms with Gasteiger partial charge < -0.3 is 5.32 Å². The Hall–Kier alpha value is 0.170. The van der Waals surface area contributed by atoms with Gasteiger partial charge in [-0.1, -0.05) is 18.5 Å². The van der Waals surface area contributed by atoms with Crippen LogP contribution in [0.4, 0.5) is 0 Å². The number of hydrogen-bond acceptors (Lipinski definition) is 3. The Labute approximate surface area is 117 Å². The van der Waals surface area contributed by atoms with E-state index in [9.17, 15) is 0 Å². The van der Waals surface area contributed by atoms with E-state index in [1.54, 1.807) is 0 Å². The summed E-state index contributed by atoms with van der Waals surface area (Å²) in [5, 5.41) is 5.17. The molecule has 0 aliphatic carbocycles. The Bertz CT molecular complexity index is 384. The highest BCUT2D eigenvalue weighted by Crippen LogP contribution is 2.37. The van der Waals surface area contributed by atoms with Gasteiger partial charge in [0.05, 0.1) is 0 Å². The molecule has 1 N–H and O–H groups in total. The summed E-state index contributed by atoms with van der Waals surface area (Å²) in [7, 11) is 0. The molecule has 0 saturated heterocycles. The standard InChI is InChI=1S/C13H18ClNS2/c1-9(16-2)8-15-12-5-6-17-13-4-3-10(14)7-11(12)13/h3-4,7,9,12,15H,5-6,8H2,1-2H3. The molecule has 2 atom stereocenters. The number of hydrogen-bond donors (Lipinski definition) is 1. The molecule has 1 aliphatic heterocycles. The van der Waals surface area contributed by atoms with E-state index in [2.05, 4.69) is 30.6 Å². The predicted octanol–water partition coefficient (Wildman–Crippen LogP) is 4.22. The maximum Gasteiger partial charge on any atom is 0.0410 e. The second-order valence-electron chi connectivity index (χ2n) is 4.33. The summed E-state index contributed by atoms with van der Waals surface area (Å²) >= 11 is 9.93. The molecule has 0 bridgehead atoms. The Morgan fingerprint density at radius 2 is 2.41 bits per heavy atom. The van der Waals surface area contributed by atoms with Gasteiger partial charge in [0.2, 0.25) is 0 Å². The zero-order chi connectivity index (χ0) is 12.3. The minimum atomic E-state index is 0.472. The van der Waals surface area contributed by atoms with E-state index >= 15 is 0 Å². The molecule has 2 rings (SSSR count). The van der Waals surface area contributed by atoms with Gasteiger partial charge in [0.15, 0.2) is 0 Å². The molecule has 1 nitrogen and oxygen atoms in total. The van der Waals surface area contributed by atoms with Crippen LogP contribution in [0.2, 0.25) is 5.02 Å². The smallest absolute Gasteiger partial charge is 0.0410 e. The van der Waals surface area contributed by atoms with Crippen molar-refractivity contribution < 1.29 is 0 Å². The number of thioether (sulfide) groups is 2. The maximum absolute atomic E-state index is 6.09. The second kappa shape index (κ2) is 6.37. The summed E-state index contributed by atoms with van der Waals surface area (Å²) in [6.07, 6.45) is 3.35. The first-order valence-electron chi connectivity index (χ1n) is 5.89. The number of fused-ring (bicyclic) bond motifs is 1. The topological polar surface area (TPSA) is 12.0 Å². The summed E-state index contributed by atoms with van der Waals surface area (Å²) in [6, 6.07) is 6.72. The van der Waals surface area contributed by atoms with Crippen LogP contribution < -0.4 is 5.32 Å². The van der Waals surface area contributed by atoms with E-state index in [-0.39, 0.29) is 0 Å². The van der Waals surface area contributed by atoms with Crippen LogP contribution in [0.15, 0.2) is 23.1 Å². The van der Waals surface area contributed by atoms with E-state index < -0.39 is 0 Å². The van der Waals surface area contributed by atoms with Crippen molar-refractivity contribution in [3.8, 4) is 0 Å². The summed E-state index contributed by atoms with van der Waals surface area (Å²) in [6.45, 7) is 3.32. The Kier molecular flexibility index (Phi) is 5.10. The normalized spacial score (nSPS) is 21.0. The number of rotatable bonds is 4. The fourth-order valence-corrected chi connectivity index (χ4v) is 3.52. The van der Waals surface area contributed by atoms with Crippen LogP contribution in [0.3, 0.4) is 0 Å². The molecule has 0 amide bonds. The molecule has 0 spiro atoms. The Balaban J connectivity index is 2.08. The lowest BCUT2D eigenvalue weighted by molar-refractivity contribution is 0.513. The molecule has 1 aromatic carbocycles. The highest BCUT2D eigenvalue weighted by atomic mass is 35.5. The highest BCUT2D eigenvalue weighted by Gasteiger charge is 2.20. The fraction of sp³-hybridized carbons (Fsp3) is 0.538. The number of halogens is 1. The van der Waals surface area contributed by atoms with Crippen LogP contribution in [0.1, 0.15) is 24.9 Å². The van der Waals surface area contributed by atoms with Gasteiger partial charge in [-0.05, 0) is 42.2 Å². The molecule has 0 fully saturated rings. The second-order valence-corrected chi connectivity index (χ2v) is 7.18. The minimum Gasteiger partial charge on any atom is -0.309 e. The molecular weight excluding hydrogens is 270 g/mol. The molecule has 1 aliphatic rings. The van der Waals surface area contributed by atoms with Gasteiger partial charge >= 0.3 is 0 Å². The lowest BCUT2D eigenvalue weighted by Gasteiger charge is -2.27. The van der Waals surface area contributed by atoms with Crippen molar-refractivity contribution in [2.75, 3.05) is 18.6 Å². The maximum atomic E-state index is 6.09. The zero-order valence-corrected chi connectivity index (χ0v) is 12.6. The van der Waals surface area contributed by atoms with Crippen molar-refractivity contribution in [1.82, 2.24) is 5.32 Å². The highest BCUT2D eigenvalue weighted by molar-refractivity contribution is 7.99. The monoisotopic (exact) mass is 287 g/mol. The molecule has 94 valence electrons. The SMILES string of the molecule is CSC(C)CNC1CCSc2ccc(Cl)cc21. The zero-order valence-electron chi connectivity index (χ0n) is 10.2. The van der Waals surface area contributed by atoms with Crippen LogP contribution in [0.5, 0.6) is 0 Å². The van der Waals surface area contributed by atoms with Gasteiger partial charge in [0, 0.05) is 27.8 Å². The van der Waals surface area contributed by atoms with Gasteiger partial charge in [-0.25, -0.2) is 0 Å². The van der Waals surface area contributed by atoms with Crippen molar-refractivity contribution >= 4 is 35.1 Å². The van der Waals surface area contributed by atoms with E-state index in [4.69, 9.17) is 11.6 Å². The molecule has 0 radical (unpaired) electrons. The molecule has 0 aromatic heterocycles. The fourth-order valence-electron chi connectivity index (χ4n) is 1.97. The molecule has 1 aromatic rings. The van der Waals surface area contributed by atoms with E-state index in [1.165, 1.54) is 22.6 Å². The van der Waals surface area contributed by atoms with Crippen molar-refractivity contribution in [3.05, 3.63) is 28.8 Å². The predicted molar refractivity (Wildman–Crippen MR) is 80.5 cm³/mol. The largest absolute Gasteiger partial charge is 0.309 e. The van der Waals surface area contributed by atoms with Crippen LogP contribution in [0, 0.1) is 0 Å². The molecule has 17 heavy (non-hydrogen) atoms. The Morgan fingerprint density at radius 3 is 3.18 bits per heavy atom. The summed E-state index contributed by atoms with van der Waals surface area (Å²) in [5.74, 6) is 1.19. The quantitative estimate of drug-likeness (QED) is 0.890. The minimum absolute atomic E-state index is 0.472. The van der Waals surface area contributed by atoms with Crippen molar-refractivity contribution in [1.29, 1.82) is 0 Å². The molecule has 1 heterocycles. The molecule has 2 unspecified atom stereocenters. The third kappa shape index (κ3) is 3.57. The molecule has 0 saturated carbocycles. The lowest BCUT2D eigenvalue weighted by Crippen LogP contribution is -2.29. The van der Waals surface area contributed by atoms with Gasteiger partial charge in [0.25, 0.3) is 0 Å². The van der Waals surface area contributed by atoms with Crippen LogP contribution in [0.25, 0.3) is 0 Å². The number of nitrogens with one attached hydrogen (secondary N) is 1. The number of benzene rings is 1. The molecule has 4 heteroatoms. The van der Waals surface area contributed by atoms with E-state index in [0.29, 0.717) is 11.3 Å². The van der Waals surface area contributed by atoms with Crippen molar-refractivity contribution in [2.24, 2.45) is 0 Å². The first kappa shape index (κ1) is 13.6. The summed E-state index contributed by atoms with van der Waals surface area (Å²) < 4.78 is 0. The average molecular weight is 288 g/mol. The van der Waals surface area contributed by atoms with Crippen LogP contribution in [-0.4, -0.2) is 23.8 Å². The first-order valence-corrected chi connectivity index (χ1v) is 8.54. The molecular formula is C13H18ClNS2. The van der Waals surface area contributed by atoms with Gasteiger partial charge in [0.1, 0.15) is 0 Å².